The van der Waals surface area contributed by atoms with Gasteiger partial charge in [0.25, 0.3) is 0 Å². The molecule has 1 aromatic carbocycles. The molecule has 0 radical (unpaired) electrons. The van der Waals surface area contributed by atoms with E-state index in [4.69, 9.17) is 22.1 Å². The monoisotopic (exact) mass is 243 g/mol. The Balaban J connectivity index is 2.97. The van der Waals surface area contributed by atoms with E-state index in [1.54, 1.807) is 18.2 Å². The van der Waals surface area contributed by atoms with Gasteiger partial charge in [0.15, 0.2) is 0 Å². The lowest BCUT2D eigenvalue weighted by molar-refractivity contribution is -0.141. The first-order valence-electron chi connectivity index (χ1n) is 4.75. The number of rotatable bonds is 4. The zero-order valence-electron chi connectivity index (χ0n) is 9.20. The lowest BCUT2D eigenvalue weighted by Gasteiger charge is -2.16. The van der Waals surface area contributed by atoms with Gasteiger partial charge < -0.3 is 15.2 Å². The number of ether oxygens (including phenoxy) is 2. The summed E-state index contributed by atoms with van der Waals surface area (Å²) in [5.41, 5.74) is 6.51. The molecule has 5 heteroatoms. The number of esters is 1. The molecule has 0 bridgehead atoms. The lowest BCUT2D eigenvalue weighted by atomic mass is 10.0. The highest BCUT2D eigenvalue weighted by Crippen LogP contribution is 2.32. The first-order chi connectivity index (χ1) is 7.60. The average Bonchev–Trinajstić information content (AvgIpc) is 2.28. The summed E-state index contributed by atoms with van der Waals surface area (Å²) in [7, 11) is 2.85. The van der Waals surface area contributed by atoms with Gasteiger partial charge in [-0.05, 0) is 12.1 Å². The molecule has 0 aliphatic carbocycles. The SMILES string of the molecule is COC(=O)C[C@H](N)c1c(Cl)cccc1OC. The molecular weight excluding hydrogens is 230 g/mol. The third kappa shape index (κ3) is 2.87. The van der Waals surface area contributed by atoms with E-state index in [0.29, 0.717) is 16.3 Å². The molecule has 0 spiro atoms. The summed E-state index contributed by atoms with van der Waals surface area (Å²) in [4.78, 5) is 11.1. The summed E-state index contributed by atoms with van der Waals surface area (Å²) in [6, 6.07) is 4.68. The molecule has 0 aliphatic heterocycles. The Hall–Kier alpha value is -1.26. The molecule has 0 saturated carbocycles. The van der Waals surface area contributed by atoms with E-state index in [-0.39, 0.29) is 12.4 Å². The molecular formula is C11H14ClNO3. The second-order valence-electron chi connectivity index (χ2n) is 3.24. The van der Waals surface area contributed by atoms with Gasteiger partial charge in [0, 0.05) is 16.6 Å². The first-order valence-corrected chi connectivity index (χ1v) is 5.12. The van der Waals surface area contributed by atoms with Gasteiger partial charge in [-0.25, -0.2) is 0 Å². The minimum absolute atomic E-state index is 0.0661. The van der Waals surface area contributed by atoms with Crippen molar-refractivity contribution in [3.05, 3.63) is 28.8 Å². The van der Waals surface area contributed by atoms with Crippen molar-refractivity contribution in [1.82, 2.24) is 0 Å². The summed E-state index contributed by atoms with van der Waals surface area (Å²) < 4.78 is 9.70. The maximum Gasteiger partial charge on any atom is 0.307 e. The number of methoxy groups -OCH3 is 2. The summed E-state index contributed by atoms with van der Waals surface area (Å²) in [6.07, 6.45) is 0.0661. The predicted molar refractivity (Wildman–Crippen MR) is 61.6 cm³/mol. The van der Waals surface area contributed by atoms with Crippen molar-refractivity contribution >= 4 is 17.6 Å². The van der Waals surface area contributed by atoms with Crippen LogP contribution in [0.1, 0.15) is 18.0 Å². The molecule has 0 fully saturated rings. The van der Waals surface area contributed by atoms with E-state index >= 15 is 0 Å². The number of hydrogen-bond donors (Lipinski definition) is 1. The fourth-order valence-electron chi connectivity index (χ4n) is 1.42. The van der Waals surface area contributed by atoms with E-state index < -0.39 is 6.04 Å². The zero-order valence-corrected chi connectivity index (χ0v) is 9.95. The van der Waals surface area contributed by atoms with Gasteiger partial charge in [-0.2, -0.15) is 0 Å². The van der Waals surface area contributed by atoms with Crippen molar-refractivity contribution in [1.29, 1.82) is 0 Å². The van der Waals surface area contributed by atoms with Crippen molar-refractivity contribution in [2.24, 2.45) is 5.73 Å². The Labute approximate surface area is 99.3 Å². The van der Waals surface area contributed by atoms with Gasteiger partial charge >= 0.3 is 5.97 Å². The van der Waals surface area contributed by atoms with Crippen LogP contribution in [-0.4, -0.2) is 20.2 Å². The summed E-state index contributed by atoms with van der Waals surface area (Å²) in [5.74, 6) is 0.193. The quantitative estimate of drug-likeness (QED) is 0.821. The zero-order chi connectivity index (χ0) is 12.1. The van der Waals surface area contributed by atoms with Crippen LogP contribution in [0.15, 0.2) is 18.2 Å². The Kier molecular flexibility index (Phi) is 4.58. The van der Waals surface area contributed by atoms with Crippen LogP contribution in [0, 0.1) is 0 Å². The number of benzene rings is 1. The molecule has 1 rings (SSSR count). The van der Waals surface area contributed by atoms with E-state index in [1.807, 2.05) is 0 Å². The standard InChI is InChI=1S/C11H14ClNO3/c1-15-9-5-3-4-7(12)11(9)8(13)6-10(14)16-2/h3-5,8H,6,13H2,1-2H3/t8-/m0/s1. The van der Waals surface area contributed by atoms with E-state index in [2.05, 4.69) is 4.74 Å². The highest BCUT2D eigenvalue weighted by atomic mass is 35.5. The minimum Gasteiger partial charge on any atom is -0.496 e. The van der Waals surface area contributed by atoms with Crippen molar-refractivity contribution in [3.8, 4) is 5.75 Å². The van der Waals surface area contributed by atoms with E-state index in [9.17, 15) is 4.79 Å². The van der Waals surface area contributed by atoms with Gasteiger partial charge in [0.05, 0.1) is 20.6 Å². The highest BCUT2D eigenvalue weighted by molar-refractivity contribution is 6.31. The molecule has 16 heavy (non-hydrogen) atoms. The van der Waals surface area contributed by atoms with Crippen molar-refractivity contribution in [2.75, 3.05) is 14.2 Å². The van der Waals surface area contributed by atoms with Crippen molar-refractivity contribution in [2.45, 2.75) is 12.5 Å². The van der Waals surface area contributed by atoms with Crippen LogP contribution in [0.25, 0.3) is 0 Å². The average molecular weight is 244 g/mol. The number of hydrogen-bond acceptors (Lipinski definition) is 4. The summed E-state index contributed by atoms with van der Waals surface area (Å²) in [6.45, 7) is 0. The largest absolute Gasteiger partial charge is 0.496 e. The van der Waals surface area contributed by atoms with Crippen LogP contribution in [0.3, 0.4) is 0 Å². The van der Waals surface area contributed by atoms with Gasteiger partial charge in [0.1, 0.15) is 5.75 Å². The Morgan fingerprint density at radius 2 is 2.19 bits per heavy atom. The maximum atomic E-state index is 11.1. The second-order valence-corrected chi connectivity index (χ2v) is 3.65. The van der Waals surface area contributed by atoms with Crippen LogP contribution in [0.5, 0.6) is 5.75 Å². The lowest BCUT2D eigenvalue weighted by Crippen LogP contribution is -2.17. The first kappa shape index (κ1) is 12.8. The second kappa shape index (κ2) is 5.72. The molecule has 88 valence electrons. The highest BCUT2D eigenvalue weighted by Gasteiger charge is 2.18. The summed E-state index contributed by atoms with van der Waals surface area (Å²) >= 11 is 6.02. The molecule has 0 heterocycles. The smallest absolute Gasteiger partial charge is 0.307 e. The number of halogens is 1. The topological polar surface area (TPSA) is 61.5 Å². The molecule has 0 unspecified atom stereocenters. The van der Waals surface area contributed by atoms with Gasteiger partial charge in [-0.15, -0.1) is 0 Å². The Morgan fingerprint density at radius 3 is 2.75 bits per heavy atom. The molecule has 1 atom stereocenters. The maximum absolute atomic E-state index is 11.1. The molecule has 2 N–H and O–H groups in total. The van der Waals surface area contributed by atoms with Crippen molar-refractivity contribution < 1.29 is 14.3 Å². The molecule has 1 aromatic rings. The van der Waals surface area contributed by atoms with Gasteiger partial charge in [0.2, 0.25) is 0 Å². The van der Waals surface area contributed by atoms with Crippen LogP contribution in [0.4, 0.5) is 0 Å². The van der Waals surface area contributed by atoms with Crippen LogP contribution in [0.2, 0.25) is 5.02 Å². The number of nitrogens with two attached hydrogens (primary N) is 1. The fraction of sp³-hybridized carbons (Fsp3) is 0.364. The minimum atomic E-state index is -0.531. The van der Waals surface area contributed by atoms with E-state index in [0.717, 1.165) is 0 Å². The number of carbonyl (C=O) groups excluding carboxylic acids is 1. The van der Waals surface area contributed by atoms with E-state index in [1.165, 1.54) is 14.2 Å². The van der Waals surface area contributed by atoms with Gasteiger partial charge in [-0.1, -0.05) is 17.7 Å². The molecule has 0 saturated heterocycles. The predicted octanol–water partition coefficient (Wildman–Crippen LogP) is 1.91. The molecule has 4 nitrogen and oxygen atoms in total. The molecule has 0 amide bonds. The Bertz CT molecular complexity index is 381. The molecule has 0 aromatic heterocycles. The van der Waals surface area contributed by atoms with Crippen LogP contribution in [-0.2, 0) is 9.53 Å². The third-order valence-electron chi connectivity index (χ3n) is 2.22. The van der Waals surface area contributed by atoms with Crippen LogP contribution < -0.4 is 10.5 Å². The van der Waals surface area contributed by atoms with Crippen LogP contribution >= 0.6 is 11.6 Å². The number of carbonyl (C=O) groups is 1. The Morgan fingerprint density at radius 1 is 1.50 bits per heavy atom. The fourth-order valence-corrected chi connectivity index (χ4v) is 1.73. The van der Waals surface area contributed by atoms with Crippen molar-refractivity contribution in [3.63, 3.8) is 0 Å². The third-order valence-corrected chi connectivity index (χ3v) is 2.55. The normalized spacial score (nSPS) is 12.0. The summed E-state index contributed by atoms with van der Waals surface area (Å²) in [5, 5.41) is 0.482. The van der Waals surface area contributed by atoms with Gasteiger partial charge in [-0.3, -0.25) is 4.79 Å². The molecule has 0 aliphatic rings.